The van der Waals surface area contributed by atoms with E-state index in [2.05, 4.69) is 28.1 Å². The maximum absolute atomic E-state index is 6.17. The number of ether oxygens (including phenoxy) is 1. The molecule has 1 aromatic carbocycles. The number of rotatable bonds is 3. The average molecular weight is 316 g/mol. The summed E-state index contributed by atoms with van der Waals surface area (Å²) in [7, 11) is 1.71. The quantitative estimate of drug-likeness (QED) is 0.579. The van der Waals surface area contributed by atoms with Crippen LogP contribution in [0.2, 0.25) is 0 Å². The Morgan fingerprint density at radius 1 is 1.47 bits per heavy atom. The molecule has 0 fully saturated rings. The summed E-state index contributed by atoms with van der Waals surface area (Å²) in [5.74, 6) is 0.950. The third kappa shape index (κ3) is 3.49. The number of alkyl halides is 1. The first-order chi connectivity index (χ1) is 8.19. The summed E-state index contributed by atoms with van der Waals surface area (Å²) in [6.07, 6.45) is 6.58. The lowest BCUT2D eigenvalue weighted by atomic mass is 9.93. The molecule has 1 atom stereocenters. The Kier molecular flexibility index (Phi) is 4.52. The largest absolute Gasteiger partial charge is 0.496 e. The fourth-order valence-corrected chi connectivity index (χ4v) is 2.96. The van der Waals surface area contributed by atoms with Crippen molar-refractivity contribution in [3.8, 4) is 5.75 Å². The minimum atomic E-state index is 0.205. The molecule has 1 unspecified atom stereocenters. The Hall–Kier alpha value is -0.470. The van der Waals surface area contributed by atoms with Gasteiger partial charge < -0.3 is 4.74 Å². The van der Waals surface area contributed by atoms with E-state index < -0.39 is 0 Å². The average Bonchev–Trinajstić information content (AvgIpc) is 2.29. The number of benzene rings is 1. The second-order valence-corrected chi connectivity index (χ2v) is 5.84. The van der Waals surface area contributed by atoms with Gasteiger partial charge in [-0.1, -0.05) is 27.6 Å². The summed E-state index contributed by atoms with van der Waals surface area (Å²) in [6.45, 7) is 0. The smallest absolute Gasteiger partial charge is 0.122 e. The van der Waals surface area contributed by atoms with E-state index in [0.29, 0.717) is 0 Å². The normalized spacial score (nSPS) is 19.9. The molecule has 0 saturated carbocycles. The Labute approximate surface area is 116 Å². The molecule has 17 heavy (non-hydrogen) atoms. The van der Waals surface area contributed by atoms with Crippen molar-refractivity contribution in [2.45, 2.75) is 31.1 Å². The Morgan fingerprint density at radius 3 is 3.00 bits per heavy atom. The van der Waals surface area contributed by atoms with Crippen molar-refractivity contribution in [1.29, 1.82) is 0 Å². The molecule has 1 nitrogen and oxygen atoms in total. The van der Waals surface area contributed by atoms with Gasteiger partial charge in [0.15, 0.2) is 0 Å². The van der Waals surface area contributed by atoms with Crippen molar-refractivity contribution in [2.75, 3.05) is 7.11 Å². The van der Waals surface area contributed by atoms with Crippen LogP contribution in [0.3, 0.4) is 0 Å². The van der Waals surface area contributed by atoms with Crippen molar-refractivity contribution >= 4 is 27.5 Å². The molecule has 0 saturated heterocycles. The number of methoxy groups -OCH3 is 1. The molecule has 0 spiro atoms. The van der Waals surface area contributed by atoms with Crippen LogP contribution in [0.15, 0.2) is 34.3 Å². The molecule has 1 aliphatic rings. The standard InChI is InChI=1S/C14H16BrClO/c1-17-14-6-5-12(15)9-11(14)7-10-3-2-4-13(16)8-10/h5-6,8-9,13H,2-4,7H2,1H3. The third-order valence-corrected chi connectivity index (χ3v) is 3.89. The Morgan fingerprint density at radius 2 is 2.29 bits per heavy atom. The van der Waals surface area contributed by atoms with Crippen LogP contribution < -0.4 is 4.74 Å². The summed E-state index contributed by atoms with van der Waals surface area (Å²) in [5.41, 5.74) is 2.64. The summed E-state index contributed by atoms with van der Waals surface area (Å²) in [5, 5.41) is 0.205. The first-order valence-corrected chi connectivity index (χ1v) is 7.08. The van der Waals surface area contributed by atoms with E-state index in [1.807, 2.05) is 12.1 Å². The maximum atomic E-state index is 6.17. The Bertz CT molecular complexity index is 428. The fraction of sp³-hybridized carbons (Fsp3) is 0.429. The van der Waals surface area contributed by atoms with E-state index in [-0.39, 0.29) is 5.38 Å². The first kappa shape index (κ1) is 13.0. The second-order valence-electron chi connectivity index (χ2n) is 4.37. The molecule has 2 rings (SSSR count). The van der Waals surface area contributed by atoms with Gasteiger partial charge in [-0.05, 0) is 49.4 Å². The molecular formula is C14H16BrClO. The van der Waals surface area contributed by atoms with E-state index in [0.717, 1.165) is 29.5 Å². The van der Waals surface area contributed by atoms with Gasteiger partial charge in [0.1, 0.15) is 5.75 Å². The molecule has 92 valence electrons. The van der Waals surface area contributed by atoms with Gasteiger partial charge in [0, 0.05) is 4.47 Å². The van der Waals surface area contributed by atoms with E-state index >= 15 is 0 Å². The molecule has 1 aromatic rings. The van der Waals surface area contributed by atoms with Gasteiger partial charge in [-0.25, -0.2) is 0 Å². The van der Waals surface area contributed by atoms with Crippen LogP contribution in [0.4, 0.5) is 0 Å². The van der Waals surface area contributed by atoms with Crippen molar-refractivity contribution in [1.82, 2.24) is 0 Å². The van der Waals surface area contributed by atoms with Gasteiger partial charge in [0.2, 0.25) is 0 Å². The van der Waals surface area contributed by atoms with Crippen molar-refractivity contribution in [3.63, 3.8) is 0 Å². The highest BCUT2D eigenvalue weighted by Crippen LogP contribution is 2.29. The van der Waals surface area contributed by atoms with E-state index in [9.17, 15) is 0 Å². The summed E-state index contributed by atoms with van der Waals surface area (Å²) in [6, 6.07) is 6.13. The zero-order chi connectivity index (χ0) is 12.3. The third-order valence-electron chi connectivity index (χ3n) is 3.05. The zero-order valence-electron chi connectivity index (χ0n) is 9.88. The number of hydrogen-bond donors (Lipinski definition) is 0. The zero-order valence-corrected chi connectivity index (χ0v) is 12.2. The van der Waals surface area contributed by atoms with E-state index in [4.69, 9.17) is 16.3 Å². The molecule has 0 amide bonds. The molecule has 1 aliphatic carbocycles. The predicted octanol–water partition coefficient (Wildman–Crippen LogP) is 4.72. The molecule has 0 aliphatic heterocycles. The SMILES string of the molecule is COc1ccc(Br)cc1CC1=CC(Cl)CCC1. The highest BCUT2D eigenvalue weighted by atomic mass is 79.9. The van der Waals surface area contributed by atoms with E-state index in [1.54, 1.807) is 7.11 Å². The highest BCUT2D eigenvalue weighted by molar-refractivity contribution is 9.10. The van der Waals surface area contributed by atoms with Gasteiger partial charge in [0.25, 0.3) is 0 Å². The fourth-order valence-electron chi connectivity index (χ4n) is 2.22. The van der Waals surface area contributed by atoms with Crippen LogP contribution in [0.5, 0.6) is 5.75 Å². The molecule has 0 radical (unpaired) electrons. The number of allylic oxidation sites excluding steroid dienone is 2. The molecule has 0 aromatic heterocycles. The minimum absolute atomic E-state index is 0.205. The molecule has 0 bridgehead atoms. The molecule has 0 heterocycles. The number of halogens is 2. The lowest BCUT2D eigenvalue weighted by Gasteiger charge is -2.17. The highest BCUT2D eigenvalue weighted by Gasteiger charge is 2.13. The predicted molar refractivity (Wildman–Crippen MR) is 76.0 cm³/mol. The van der Waals surface area contributed by atoms with Gasteiger partial charge in [-0.15, -0.1) is 11.6 Å². The van der Waals surface area contributed by atoms with Crippen LogP contribution in [-0.2, 0) is 6.42 Å². The summed E-state index contributed by atoms with van der Waals surface area (Å²) < 4.78 is 6.48. The van der Waals surface area contributed by atoms with Gasteiger partial charge in [-0.3, -0.25) is 0 Å². The van der Waals surface area contributed by atoms with Gasteiger partial charge in [0.05, 0.1) is 12.5 Å². The monoisotopic (exact) mass is 314 g/mol. The topological polar surface area (TPSA) is 9.23 Å². The maximum Gasteiger partial charge on any atom is 0.122 e. The van der Waals surface area contributed by atoms with Crippen LogP contribution in [0, 0.1) is 0 Å². The molecule has 0 N–H and O–H groups in total. The van der Waals surface area contributed by atoms with Gasteiger partial charge >= 0.3 is 0 Å². The van der Waals surface area contributed by atoms with Crippen LogP contribution in [0.25, 0.3) is 0 Å². The number of hydrogen-bond acceptors (Lipinski definition) is 1. The van der Waals surface area contributed by atoms with Crippen LogP contribution >= 0.6 is 27.5 Å². The van der Waals surface area contributed by atoms with Crippen molar-refractivity contribution < 1.29 is 4.74 Å². The van der Waals surface area contributed by atoms with Gasteiger partial charge in [-0.2, -0.15) is 0 Å². The van der Waals surface area contributed by atoms with Crippen LogP contribution in [-0.4, -0.2) is 12.5 Å². The Balaban J connectivity index is 2.20. The molecule has 3 heteroatoms. The first-order valence-electron chi connectivity index (χ1n) is 5.85. The van der Waals surface area contributed by atoms with Crippen molar-refractivity contribution in [3.05, 3.63) is 39.9 Å². The lowest BCUT2D eigenvalue weighted by molar-refractivity contribution is 0.410. The minimum Gasteiger partial charge on any atom is -0.496 e. The molecular weight excluding hydrogens is 300 g/mol. The van der Waals surface area contributed by atoms with Crippen molar-refractivity contribution in [2.24, 2.45) is 0 Å². The van der Waals surface area contributed by atoms with Crippen LogP contribution in [0.1, 0.15) is 24.8 Å². The van der Waals surface area contributed by atoms with E-state index in [1.165, 1.54) is 17.6 Å². The summed E-state index contributed by atoms with van der Waals surface area (Å²) in [4.78, 5) is 0. The lowest BCUT2D eigenvalue weighted by Crippen LogP contribution is -2.05. The summed E-state index contributed by atoms with van der Waals surface area (Å²) >= 11 is 9.67. The second kappa shape index (κ2) is 5.92.